The molecule has 0 spiro atoms. The third kappa shape index (κ3) is 10.8. The Hall–Kier alpha value is -1.21. The fourth-order valence-corrected chi connectivity index (χ4v) is 0.910. The number of hydrogen-bond acceptors (Lipinski definition) is 1. The summed E-state index contributed by atoms with van der Waals surface area (Å²) in [4.78, 5) is 2.64. The maximum Gasteiger partial charge on any atom is 0.0443 e. The Bertz CT molecular complexity index is 200. The molecule has 0 fully saturated rings. The summed E-state index contributed by atoms with van der Waals surface area (Å²) in [6, 6.07) is 0. The molecule has 0 aliphatic rings. The molecule has 0 aliphatic heterocycles. The molecule has 0 aromatic heterocycles. The predicted octanol–water partition coefficient (Wildman–Crippen LogP) is 3.99. The van der Waals surface area contributed by atoms with Crippen molar-refractivity contribution >= 4 is 0 Å². The Morgan fingerprint density at radius 3 is 2.69 bits per heavy atom. The second-order valence-corrected chi connectivity index (χ2v) is 2.77. The average Bonchev–Trinajstić information content (AvgIpc) is 2.16. The van der Waals surface area contributed by atoms with Gasteiger partial charge in [0.2, 0.25) is 0 Å². The Labute approximate surface area is 79.8 Å². The number of unbranched alkanes of at least 4 members (excludes halogenated alkanes) is 3. The van der Waals surface area contributed by atoms with E-state index in [9.17, 15) is 0 Å². The van der Waals surface area contributed by atoms with Gasteiger partial charge in [-0.15, -0.1) is 0 Å². The zero-order chi connectivity index (χ0) is 9.78. The lowest BCUT2D eigenvalue weighted by atomic mass is 10.2. The molecule has 13 heavy (non-hydrogen) atoms. The molecule has 72 valence electrons. The van der Waals surface area contributed by atoms with E-state index in [1.54, 1.807) is 0 Å². The molecule has 0 rings (SSSR count). The molecule has 0 radical (unpaired) electrons. The Morgan fingerprint density at radius 2 is 2.00 bits per heavy atom. The zero-order valence-corrected chi connectivity index (χ0v) is 8.19. The van der Waals surface area contributed by atoms with E-state index in [2.05, 4.69) is 23.0 Å². The molecule has 0 aliphatic carbocycles. The summed E-state index contributed by atoms with van der Waals surface area (Å²) < 4.78 is 0. The molecule has 0 atom stereocenters. The van der Waals surface area contributed by atoms with Gasteiger partial charge < -0.3 is 0 Å². The molecule has 3 nitrogen and oxygen atoms in total. The van der Waals surface area contributed by atoms with Crippen molar-refractivity contribution in [1.82, 2.24) is 0 Å². The maximum absolute atomic E-state index is 7.97. The Balaban J connectivity index is 3.29. The Morgan fingerprint density at radius 1 is 1.23 bits per heavy atom. The van der Waals surface area contributed by atoms with Crippen molar-refractivity contribution in [2.45, 2.75) is 32.6 Å². The molecule has 0 amide bonds. The zero-order valence-electron chi connectivity index (χ0n) is 8.19. The number of hydrogen-bond donors (Lipinski definition) is 0. The molecule has 0 saturated heterocycles. The number of allylic oxidation sites excluding steroid dienone is 3. The molecule has 0 aromatic carbocycles. The molecule has 0 aromatic rings. The van der Waals surface area contributed by atoms with Crippen LogP contribution in [0.25, 0.3) is 10.4 Å². The van der Waals surface area contributed by atoms with Crippen molar-refractivity contribution in [3.63, 3.8) is 0 Å². The normalized spacial score (nSPS) is 10.8. The summed E-state index contributed by atoms with van der Waals surface area (Å²) in [6.45, 7) is 2.64. The SMILES string of the molecule is CCCCC/C=C/C=C/CN=[N+]=[N-]. The smallest absolute Gasteiger partial charge is 0.0443 e. The topological polar surface area (TPSA) is 48.8 Å². The second-order valence-electron chi connectivity index (χ2n) is 2.77. The first kappa shape index (κ1) is 11.8. The van der Waals surface area contributed by atoms with Gasteiger partial charge in [-0.05, 0) is 18.4 Å². The van der Waals surface area contributed by atoms with Crippen LogP contribution in [0.3, 0.4) is 0 Å². The minimum Gasteiger partial charge on any atom is -0.0899 e. The van der Waals surface area contributed by atoms with E-state index < -0.39 is 0 Å². The minimum atomic E-state index is 0.440. The van der Waals surface area contributed by atoms with Crippen molar-refractivity contribution in [2.24, 2.45) is 5.11 Å². The highest BCUT2D eigenvalue weighted by atomic mass is 15.1. The van der Waals surface area contributed by atoms with E-state index in [-0.39, 0.29) is 0 Å². The highest BCUT2D eigenvalue weighted by Crippen LogP contribution is 1.99. The number of rotatable bonds is 7. The largest absolute Gasteiger partial charge is 0.0899 e. The highest BCUT2D eigenvalue weighted by molar-refractivity contribution is 5.02. The van der Waals surface area contributed by atoms with Crippen LogP contribution in [-0.4, -0.2) is 6.54 Å². The quantitative estimate of drug-likeness (QED) is 0.186. The van der Waals surface area contributed by atoms with Crippen LogP contribution in [0.4, 0.5) is 0 Å². The van der Waals surface area contributed by atoms with Gasteiger partial charge in [-0.2, -0.15) is 0 Å². The van der Waals surface area contributed by atoms with E-state index in [0.717, 1.165) is 6.42 Å². The van der Waals surface area contributed by atoms with Gasteiger partial charge in [0, 0.05) is 11.5 Å². The van der Waals surface area contributed by atoms with Gasteiger partial charge in [0.05, 0.1) is 0 Å². The van der Waals surface area contributed by atoms with Gasteiger partial charge in [0.1, 0.15) is 0 Å². The van der Waals surface area contributed by atoms with Crippen LogP contribution < -0.4 is 0 Å². The molecule has 0 heterocycles. The standard InChI is InChI=1S/C10H17N3/c1-2-3-4-5-6-7-8-9-10-12-13-11/h6-9H,2-5,10H2,1H3/b7-6+,9-8+. The summed E-state index contributed by atoms with van der Waals surface area (Å²) in [7, 11) is 0. The van der Waals surface area contributed by atoms with Crippen LogP contribution in [-0.2, 0) is 0 Å². The van der Waals surface area contributed by atoms with Crippen molar-refractivity contribution in [3.05, 3.63) is 34.7 Å². The monoisotopic (exact) mass is 179 g/mol. The van der Waals surface area contributed by atoms with Crippen LogP contribution in [0.5, 0.6) is 0 Å². The summed E-state index contributed by atoms with van der Waals surface area (Å²) in [5, 5.41) is 3.38. The molecule has 0 bridgehead atoms. The van der Waals surface area contributed by atoms with Gasteiger partial charge in [0.25, 0.3) is 0 Å². The van der Waals surface area contributed by atoms with E-state index >= 15 is 0 Å². The lowest BCUT2D eigenvalue weighted by molar-refractivity contribution is 0.729. The molecule has 0 saturated carbocycles. The van der Waals surface area contributed by atoms with Gasteiger partial charge >= 0.3 is 0 Å². The molecule has 0 N–H and O–H groups in total. The van der Waals surface area contributed by atoms with Crippen molar-refractivity contribution in [1.29, 1.82) is 0 Å². The van der Waals surface area contributed by atoms with E-state index in [1.165, 1.54) is 19.3 Å². The van der Waals surface area contributed by atoms with Crippen LogP contribution >= 0.6 is 0 Å². The van der Waals surface area contributed by atoms with Gasteiger partial charge in [-0.1, -0.05) is 49.2 Å². The Kier molecular flexibility index (Phi) is 9.79. The van der Waals surface area contributed by atoms with Gasteiger partial charge in [-0.3, -0.25) is 0 Å². The van der Waals surface area contributed by atoms with Crippen LogP contribution in [0, 0.1) is 0 Å². The molecular weight excluding hydrogens is 162 g/mol. The summed E-state index contributed by atoms with van der Waals surface area (Å²) >= 11 is 0. The number of azide groups is 1. The summed E-state index contributed by atoms with van der Waals surface area (Å²) in [5.41, 5.74) is 7.97. The van der Waals surface area contributed by atoms with Crippen LogP contribution in [0.1, 0.15) is 32.6 Å². The fourth-order valence-electron chi connectivity index (χ4n) is 0.910. The van der Waals surface area contributed by atoms with Crippen LogP contribution in [0.2, 0.25) is 0 Å². The lowest BCUT2D eigenvalue weighted by Crippen LogP contribution is -1.70. The predicted molar refractivity (Wildman–Crippen MR) is 56.4 cm³/mol. The van der Waals surface area contributed by atoms with E-state index in [0.29, 0.717) is 6.54 Å². The van der Waals surface area contributed by atoms with Crippen LogP contribution in [0.15, 0.2) is 29.4 Å². The first-order chi connectivity index (χ1) is 6.41. The first-order valence-electron chi connectivity index (χ1n) is 4.74. The average molecular weight is 179 g/mol. The summed E-state index contributed by atoms with van der Waals surface area (Å²) in [5.74, 6) is 0. The molecule has 3 heteroatoms. The van der Waals surface area contributed by atoms with E-state index in [1.807, 2.05) is 18.2 Å². The fraction of sp³-hybridized carbons (Fsp3) is 0.600. The van der Waals surface area contributed by atoms with E-state index in [4.69, 9.17) is 5.53 Å². The van der Waals surface area contributed by atoms with Crippen molar-refractivity contribution < 1.29 is 0 Å². The maximum atomic E-state index is 7.97. The summed E-state index contributed by atoms with van der Waals surface area (Å²) in [6.07, 6.45) is 12.9. The third-order valence-electron chi connectivity index (χ3n) is 1.61. The van der Waals surface area contributed by atoms with Gasteiger partial charge in [0.15, 0.2) is 0 Å². The molecule has 0 unspecified atom stereocenters. The second kappa shape index (κ2) is 10.8. The molecular formula is C10H17N3. The van der Waals surface area contributed by atoms with Crippen molar-refractivity contribution in [2.75, 3.05) is 6.54 Å². The third-order valence-corrected chi connectivity index (χ3v) is 1.61. The number of nitrogens with zero attached hydrogens (tertiary/aromatic N) is 3. The van der Waals surface area contributed by atoms with Gasteiger partial charge in [-0.25, -0.2) is 0 Å². The lowest BCUT2D eigenvalue weighted by Gasteiger charge is -1.89. The highest BCUT2D eigenvalue weighted by Gasteiger charge is 1.79. The van der Waals surface area contributed by atoms with Crippen molar-refractivity contribution in [3.8, 4) is 0 Å². The first-order valence-corrected chi connectivity index (χ1v) is 4.74. The minimum absolute atomic E-state index is 0.440.